The number of nitrogens with one attached hydrogen (secondary N) is 2. The van der Waals surface area contributed by atoms with Gasteiger partial charge in [-0.05, 0) is 6.42 Å². The molecule has 68 heavy (non-hydrogen) atoms. The average molecular weight is 1050 g/mol. The fourth-order valence-corrected chi connectivity index (χ4v) is 10.8. The highest BCUT2D eigenvalue weighted by Gasteiger charge is 2.50. The van der Waals surface area contributed by atoms with Crippen LogP contribution in [0.2, 0.25) is 0 Å². The Kier molecular flexibility index (Phi) is 25.7. The number of phosphoric ester groups is 3. The first-order valence-electron chi connectivity index (χ1n) is 23.0. The fraction of sp³-hybridized carbons (Fsp3) is 0.800. The number of imidazole rings is 1. The first-order valence-corrected chi connectivity index (χ1v) is 28.5. The van der Waals surface area contributed by atoms with Crippen LogP contribution >= 0.6 is 35.2 Å². The van der Waals surface area contributed by atoms with Gasteiger partial charge in [-0.2, -0.15) is 4.31 Å². The number of thioether (sulfide) groups is 1. The summed E-state index contributed by atoms with van der Waals surface area (Å²) >= 11 is 1.16. The van der Waals surface area contributed by atoms with E-state index in [0.717, 1.165) is 48.2 Å². The van der Waals surface area contributed by atoms with Gasteiger partial charge in [0.25, 0.3) is 0 Å². The lowest BCUT2D eigenvalue weighted by Crippen LogP contribution is -2.46. The van der Waals surface area contributed by atoms with Crippen LogP contribution in [0.4, 0.5) is 5.82 Å². The number of aromatic nitrogens is 4. The van der Waals surface area contributed by atoms with Gasteiger partial charge in [0.15, 0.2) is 22.8 Å². The number of carbonyl (C=O) groups excluding carboxylic acids is 3. The van der Waals surface area contributed by atoms with Gasteiger partial charge in [-0.25, -0.2) is 28.6 Å². The van der Waals surface area contributed by atoms with Gasteiger partial charge in [0.05, 0.1) is 19.5 Å². The van der Waals surface area contributed by atoms with Crippen molar-refractivity contribution < 1.29 is 80.5 Å². The molecule has 28 heteroatoms. The van der Waals surface area contributed by atoms with Crippen molar-refractivity contribution in [2.75, 3.05) is 37.8 Å². The van der Waals surface area contributed by atoms with Gasteiger partial charge in [0.1, 0.15) is 36.3 Å². The lowest BCUT2D eigenvalue weighted by molar-refractivity contribution is -0.137. The third-order valence-corrected chi connectivity index (χ3v) is 15.3. The minimum Gasteiger partial charge on any atom is -0.386 e. The molecule has 2 amide bonds. The summed E-state index contributed by atoms with van der Waals surface area (Å²) in [4.78, 5) is 88.8. The summed E-state index contributed by atoms with van der Waals surface area (Å²) in [6.45, 7) is 4.74. The topological polar surface area (TPSA) is 364 Å². The van der Waals surface area contributed by atoms with Crippen LogP contribution in [0.15, 0.2) is 12.7 Å². The fourth-order valence-electron chi connectivity index (χ4n) is 7.19. The highest BCUT2D eigenvalue weighted by Crippen LogP contribution is 2.61. The Morgan fingerprint density at radius 1 is 0.882 bits per heavy atom. The molecule has 8 atom stereocenters. The summed E-state index contributed by atoms with van der Waals surface area (Å²) < 4.78 is 62.5. The lowest BCUT2D eigenvalue weighted by atomic mass is 9.87. The molecule has 3 unspecified atom stereocenters. The zero-order chi connectivity index (χ0) is 50.5. The van der Waals surface area contributed by atoms with Crippen molar-refractivity contribution in [2.24, 2.45) is 11.3 Å². The summed E-state index contributed by atoms with van der Waals surface area (Å²) in [6.07, 6.45) is 11.8. The van der Waals surface area contributed by atoms with Crippen LogP contribution in [0.1, 0.15) is 137 Å². The number of nitrogens with two attached hydrogens (primary N) is 1. The Morgan fingerprint density at radius 2 is 1.47 bits per heavy atom. The molecule has 0 radical (unpaired) electrons. The Hall–Kier alpha value is -2.44. The molecule has 3 rings (SSSR count). The largest absolute Gasteiger partial charge is 0.481 e. The molecule has 0 bridgehead atoms. The summed E-state index contributed by atoms with van der Waals surface area (Å²) in [5.74, 6) is -1.11. The van der Waals surface area contributed by atoms with Crippen LogP contribution in [0.25, 0.3) is 11.2 Å². The highest BCUT2D eigenvalue weighted by molar-refractivity contribution is 8.13. The molecule has 0 aromatic carbocycles. The van der Waals surface area contributed by atoms with E-state index in [-0.39, 0.29) is 47.5 Å². The van der Waals surface area contributed by atoms with Crippen molar-refractivity contribution in [3.05, 3.63) is 12.7 Å². The highest BCUT2D eigenvalue weighted by atomic mass is 32.2. The van der Waals surface area contributed by atoms with Crippen molar-refractivity contribution in [1.29, 1.82) is 0 Å². The number of unbranched alkanes of at least 4 members (excludes halogenated alkanes) is 13. The van der Waals surface area contributed by atoms with Gasteiger partial charge in [-0.3, -0.25) is 32.5 Å². The van der Waals surface area contributed by atoms with E-state index in [1.165, 1.54) is 90.9 Å². The number of amides is 2. The van der Waals surface area contributed by atoms with Crippen LogP contribution in [-0.2, 0) is 50.7 Å². The van der Waals surface area contributed by atoms with Gasteiger partial charge in [-0.15, -0.1) is 0 Å². The number of hydrogen-bond donors (Lipinski definition) is 9. The summed E-state index contributed by atoms with van der Waals surface area (Å²) in [5.41, 5.74) is 4.29. The second-order valence-corrected chi connectivity index (χ2v) is 22.9. The molecule has 10 N–H and O–H groups in total. The normalized spacial score (nSPS) is 20.4. The summed E-state index contributed by atoms with van der Waals surface area (Å²) in [7, 11) is -16.4. The lowest BCUT2D eigenvalue weighted by Gasteiger charge is -2.30. The summed E-state index contributed by atoms with van der Waals surface area (Å²) in [5, 5.41) is 26.7. The molecular formula is C40H72N7O17P3S. The summed E-state index contributed by atoms with van der Waals surface area (Å²) in [6, 6.07) is 0. The van der Waals surface area contributed by atoms with Gasteiger partial charge in [0, 0.05) is 36.6 Å². The molecule has 1 saturated heterocycles. The first kappa shape index (κ1) is 59.9. The number of hydrogen-bond acceptors (Lipinski definition) is 18. The molecule has 0 saturated carbocycles. The monoisotopic (exact) mass is 1050 g/mol. The van der Waals surface area contributed by atoms with Crippen molar-refractivity contribution in [3.8, 4) is 0 Å². The molecule has 2 aromatic rings. The van der Waals surface area contributed by atoms with Crippen LogP contribution in [-0.4, -0.2) is 123 Å². The number of ether oxygens (including phenoxy) is 1. The van der Waals surface area contributed by atoms with E-state index in [9.17, 15) is 57.9 Å². The van der Waals surface area contributed by atoms with Gasteiger partial charge in [-0.1, -0.05) is 129 Å². The maximum atomic E-state index is 12.8. The van der Waals surface area contributed by atoms with E-state index in [4.69, 9.17) is 19.5 Å². The van der Waals surface area contributed by atoms with Gasteiger partial charge in [0.2, 0.25) is 11.8 Å². The first-order chi connectivity index (χ1) is 32.0. The third-order valence-electron chi connectivity index (χ3n) is 11.1. The zero-order valence-corrected chi connectivity index (χ0v) is 42.8. The van der Waals surface area contributed by atoms with E-state index in [1.54, 1.807) is 0 Å². The SMILES string of the molecule is CCCCCCCCCCCCCCCCC(C)C(=O)SCCNC(=O)CCNC(=O)[C@H](O)C(C)(C)COP(=O)(O)OP(=O)(O)OC[C@H]1O[C@@H](n2cnc3c(N)ncnc32)[C@H](O)[C@@H]1OP(=O)(O)O. The van der Waals surface area contributed by atoms with E-state index in [1.807, 2.05) is 6.92 Å². The quantitative estimate of drug-likeness (QED) is 0.0317. The number of fused-ring (bicyclic) bond motifs is 1. The number of rotatable bonds is 35. The minimum absolute atomic E-state index is 0.0338. The molecule has 2 aromatic heterocycles. The third kappa shape index (κ3) is 21.5. The predicted molar refractivity (Wildman–Crippen MR) is 251 cm³/mol. The molecule has 3 heterocycles. The Morgan fingerprint density at radius 3 is 2.07 bits per heavy atom. The van der Waals surface area contributed by atoms with E-state index in [2.05, 4.69) is 41.3 Å². The molecule has 1 aliphatic rings. The van der Waals surface area contributed by atoms with Crippen molar-refractivity contribution >= 4 is 69.1 Å². The predicted octanol–water partition coefficient (Wildman–Crippen LogP) is 5.17. The van der Waals surface area contributed by atoms with Crippen LogP contribution in [0.5, 0.6) is 0 Å². The zero-order valence-electron chi connectivity index (χ0n) is 39.3. The second-order valence-electron chi connectivity index (χ2n) is 17.5. The second kappa shape index (κ2) is 29.2. The van der Waals surface area contributed by atoms with E-state index in [0.29, 0.717) is 5.75 Å². The maximum absolute atomic E-state index is 12.8. The van der Waals surface area contributed by atoms with Crippen LogP contribution in [0.3, 0.4) is 0 Å². The number of nitrogens with zero attached hydrogens (tertiary/aromatic N) is 4. The molecule has 0 spiro atoms. The standard InChI is InChI=1S/C40H72N7O17P3S/c1-5-6-7-8-9-10-11-12-13-14-15-16-17-18-19-28(2)39(52)68-23-22-42-30(48)20-21-43-37(51)34(50)40(3,4)25-61-67(58,59)64-66(56,57)60-24-29-33(63-65(53,54)55)32(49)38(62-29)47-27-46-31-35(41)44-26-45-36(31)47/h26-29,32-34,38,49-50H,5-25H2,1-4H3,(H,42,48)(H,43,51)(H,56,57)(H,58,59)(H2,41,44,45)(H2,53,54,55)/t28?,29-,32-,33-,34+,38-/m1/s1. The number of nitrogen functional groups attached to an aromatic ring is 1. The molecule has 0 aliphatic carbocycles. The Bertz CT molecular complexity index is 2030. The van der Waals surface area contributed by atoms with Gasteiger partial charge < -0.3 is 50.9 Å². The van der Waals surface area contributed by atoms with Crippen molar-refractivity contribution in [1.82, 2.24) is 30.2 Å². The minimum atomic E-state index is -5.58. The van der Waals surface area contributed by atoms with Crippen molar-refractivity contribution in [2.45, 2.75) is 161 Å². The van der Waals surface area contributed by atoms with Crippen LogP contribution < -0.4 is 16.4 Å². The number of aliphatic hydroxyl groups excluding tert-OH is 2. The number of aliphatic hydroxyl groups is 2. The molecule has 390 valence electrons. The van der Waals surface area contributed by atoms with E-state index >= 15 is 0 Å². The number of phosphoric acid groups is 3. The molecule has 1 fully saturated rings. The smallest absolute Gasteiger partial charge is 0.386 e. The maximum Gasteiger partial charge on any atom is 0.481 e. The molecular weight excluding hydrogens is 975 g/mol. The van der Waals surface area contributed by atoms with Gasteiger partial charge >= 0.3 is 23.5 Å². The molecule has 24 nitrogen and oxygen atoms in total. The number of anilines is 1. The Balaban J connectivity index is 1.31. The molecule has 1 aliphatic heterocycles. The van der Waals surface area contributed by atoms with E-state index < -0.39 is 84.6 Å². The van der Waals surface area contributed by atoms with Crippen molar-refractivity contribution in [3.63, 3.8) is 0 Å². The number of carbonyl (C=O) groups is 3. The van der Waals surface area contributed by atoms with Crippen LogP contribution in [0, 0.1) is 11.3 Å². The Labute approximate surface area is 401 Å². The average Bonchev–Trinajstić information content (AvgIpc) is 3.83.